The monoisotopic (exact) mass is 491 g/mol. The molecule has 0 aliphatic carbocycles. The number of hydrogen-bond acceptors (Lipinski definition) is 5. The Morgan fingerprint density at radius 1 is 1.14 bits per heavy atom. The summed E-state index contributed by atoms with van der Waals surface area (Å²) in [5.74, 6) is -1.56. The van der Waals surface area contributed by atoms with Gasteiger partial charge in [-0.1, -0.05) is 27.5 Å². The number of benzene rings is 2. The van der Waals surface area contributed by atoms with E-state index in [1.807, 2.05) is 0 Å². The Hall–Kier alpha value is -2.62. The minimum atomic E-state index is -0.623. The van der Waals surface area contributed by atoms with E-state index in [2.05, 4.69) is 26.6 Å². The van der Waals surface area contributed by atoms with Crippen molar-refractivity contribution in [1.82, 2.24) is 5.32 Å². The van der Waals surface area contributed by atoms with Crippen LogP contribution in [-0.2, 0) is 14.4 Å². The van der Waals surface area contributed by atoms with Crippen LogP contribution in [0.4, 0.5) is 16.2 Å². The second-order valence-corrected chi connectivity index (χ2v) is 8.49. The number of nitrogens with zero attached hydrogens (tertiary/aromatic N) is 1. The third-order valence-corrected chi connectivity index (χ3v) is 5.88. The fraction of sp³-hybridized carbons (Fsp3) is 0.0526. The number of rotatable bonds is 3. The molecule has 0 radical (unpaired) electrons. The van der Waals surface area contributed by atoms with E-state index in [9.17, 15) is 19.2 Å². The van der Waals surface area contributed by atoms with Crippen LogP contribution in [0.2, 0.25) is 5.02 Å². The van der Waals surface area contributed by atoms with Crippen LogP contribution in [0, 0.1) is 0 Å². The molecular formula is C19H11BrClN3O4S. The van der Waals surface area contributed by atoms with Crippen LogP contribution in [0.5, 0.6) is 0 Å². The van der Waals surface area contributed by atoms with Crippen molar-refractivity contribution in [1.29, 1.82) is 0 Å². The lowest BCUT2D eigenvalue weighted by molar-refractivity contribution is -0.118. The van der Waals surface area contributed by atoms with Crippen molar-refractivity contribution in [3.63, 3.8) is 0 Å². The van der Waals surface area contributed by atoms with E-state index < -0.39 is 23.0 Å². The van der Waals surface area contributed by atoms with Crippen molar-refractivity contribution in [2.45, 2.75) is 0 Å². The molecule has 4 rings (SSSR count). The summed E-state index contributed by atoms with van der Waals surface area (Å²) in [6.07, 6.45) is 0. The molecule has 0 saturated carbocycles. The molecule has 2 aliphatic heterocycles. The Morgan fingerprint density at radius 2 is 1.86 bits per heavy atom. The zero-order valence-electron chi connectivity index (χ0n) is 14.5. The van der Waals surface area contributed by atoms with Crippen LogP contribution < -0.4 is 15.5 Å². The number of anilines is 2. The van der Waals surface area contributed by atoms with Crippen molar-refractivity contribution in [3.05, 3.63) is 62.4 Å². The Labute approximate surface area is 182 Å². The maximum Gasteiger partial charge on any atom is 0.290 e. The number of fused-ring (bicyclic) bond motifs is 1. The van der Waals surface area contributed by atoms with Gasteiger partial charge in [-0.3, -0.25) is 29.4 Å². The van der Waals surface area contributed by atoms with Crippen LogP contribution in [0.1, 0.15) is 5.56 Å². The molecule has 0 bridgehead atoms. The summed E-state index contributed by atoms with van der Waals surface area (Å²) in [5, 5.41) is 4.86. The fourth-order valence-corrected chi connectivity index (χ4v) is 4.30. The highest BCUT2D eigenvalue weighted by atomic mass is 79.9. The third-order valence-electron chi connectivity index (χ3n) is 4.25. The van der Waals surface area contributed by atoms with Crippen molar-refractivity contribution >= 4 is 79.2 Å². The van der Waals surface area contributed by atoms with Crippen LogP contribution in [0.25, 0.3) is 5.57 Å². The van der Waals surface area contributed by atoms with Gasteiger partial charge in [0.05, 0.1) is 16.2 Å². The first-order chi connectivity index (χ1) is 13.8. The molecular weight excluding hydrogens is 482 g/mol. The van der Waals surface area contributed by atoms with Gasteiger partial charge in [0.2, 0.25) is 5.91 Å². The van der Waals surface area contributed by atoms with Crippen molar-refractivity contribution in [2.75, 3.05) is 16.8 Å². The summed E-state index contributed by atoms with van der Waals surface area (Å²) in [6, 6.07) is 11.7. The predicted octanol–water partition coefficient (Wildman–Crippen LogP) is 3.78. The molecule has 0 spiro atoms. The summed E-state index contributed by atoms with van der Waals surface area (Å²) in [7, 11) is 0. The Morgan fingerprint density at radius 3 is 2.52 bits per heavy atom. The van der Waals surface area contributed by atoms with Gasteiger partial charge in [-0.15, -0.1) is 0 Å². The average Bonchev–Trinajstić information content (AvgIpc) is 3.12. The lowest BCUT2D eigenvalue weighted by Crippen LogP contribution is -2.35. The maximum absolute atomic E-state index is 13.1. The van der Waals surface area contributed by atoms with Gasteiger partial charge in [0, 0.05) is 20.7 Å². The number of carbonyl (C=O) groups excluding carboxylic acids is 4. The summed E-state index contributed by atoms with van der Waals surface area (Å²) in [5.41, 5.74) is 1.61. The van der Waals surface area contributed by atoms with Crippen LogP contribution in [-0.4, -0.2) is 29.5 Å². The van der Waals surface area contributed by atoms with E-state index in [1.54, 1.807) is 42.5 Å². The van der Waals surface area contributed by atoms with E-state index in [0.29, 0.717) is 38.2 Å². The van der Waals surface area contributed by atoms with E-state index in [-0.39, 0.29) is 17.0 Å². The van der Waals surface area contributed by atoms with Crippen molar-refractivity contribution in [3.8, 4) is 0 Å². The number of nitrogens with one attached hydrogen (secondary N) is 2. The molecule has 2 aromatic rings. The molecule has 4 amide bonds. The van der Waals surface area contributed by atoms with Crippen LogP contribution >= 0.6 is 39.3 Å². The zero-order valence-corrected chi connectivity index (χ0v) is 17.7. The van der Waals surface area contributed by atoms with Crippen LogP contribution in [0.15, 0.2) is 51.8 Å². The summed E-state index contributed by atoms with van der Waals surface area (Å²) in [6.45, 7) is -0.257. The fourth-order valence-electron chi connectivity index (χ4n) is 3.04. The van der Waals surface area contributed by atoms with E-state index in [0.717, 1.165) is 0 Å². The van der Waals surface area contributed by atoms with E-state index in [1.165, 1.54) is 4.90 Å². The molecule has 2 aliphatic rings. The van der Waals surface area contributed by atoms with Gasteiger partial charge in [-0.05, 0) is 54.2 Å². The number of hydrogen-bond donors (Lipinski definition) is 2. The molecule has 29 heavy (non-hydrogen) atoms. The second-order valence-electron chi connectivity index (χ2n) is 6.16. The van der Waals surface area contributed by atoms with Gasteiger partial charge in [0.15, 0.2) is 0 Å². The summed E-state index contributed by atoms with van der Waals surface area (Å²) >= 11 is 9.87. The van der Waals surface area contributed by atoms with Crippen molar-refractivity contribution < 1.29 is 19.2 Å². The first-order valence-electron chi connectivity index (χ1n) is 8.28. The minimum Gasteiger partial charge on any atom is -0.325 e. The van der Waals surface area contributed by atoms with Gasteiger partial charge in [0.1, 0.15) is 6.54 Å². The van der Waals surface area contributed by atoms with E-state index in [4.69, 9.17) is 11.6 Å². The minimum absolute atomic E-state index is 0.0277. The van der Waals surface area contributed by atoms with Gasteiger partial charge in [-0.2, -0.15) is 0 Å². The van der Waals surface area contributed by atoms with Crippen LogP contribution in [0.3, 0.4) is 0 Å². The molecule has 146 valence electrons. The average molecular weight is 493 g/mol. The maximum atomic E-state index is 13.1. The lowest BCUT2D eigenvalue weighted by atomic mass is 10.1. The highest BCUT2D eigenvalue weighted by molar-refractivity contribution is 9.10. The highest BCUT2D eigenvalue weighted by Crippen LogP contribution is 2.43. The third kappa shape index (κ3) is 3.81. The molecule has 1 fully saturated rings. The number of imide groups is 1. The molecule has 2 aromatic carbocycles. The molecule has 0 aromatic heterocycles. The highest BCUT2D eigenvalue weighted by Gasteiger charge is 2.40. The number of amides is 4. The summed E-state index contributed by atoms with van der Waals surface area (Å²) in [4.78, 5) is 50.6. The quantitative estimate of drug-likeness (QED) is 0.636. The smallest absolute Gasteiger partial charge is 0.290 e. The largest absolute Gasteiger partial charge is 0.325 e. The second kappa shape index (κ2) is 7.66. The molecule has 7 nitrogen and oxygen atoms in total. The Bertz CT molecular complexity index is 1120. The van der Waals surface area contributed by atoms with Gasteiger partial charge >= 0.3 is 0 Å². The number of carbonyl (C=O) groups is 4. The molecule has 0 atom stereocenters. The molecule has 10 heteroatoms. The Kier molecular flexibility index (Phi) is 5.20. The van der Waals surface area contributed by atoms with Gasteiger partial charge < -0.3 is 5.32 Å². The molecule has 1 saturated heterocycles. The first-order valence-corrected chi connectivity index (χ1v) is 10.3. The first kappa shape index (κ1) is 19.7. The van der Waals surface area contributed by atoms with Gasteiger partial charge in [0.25, 0.3) is 17.1 Å². The SMILES string of the molecule is O=C(CN1C(=O)/C(=C2/SC(=O)NC2=O)c2cc(Br)ccc21)Nc1ccc(Cl)cc1. The number of halogens is 2. The number of thioether (sulfide) groups is 1. The van der Waals surface area contributed by atoms with Gasteiger partial charge in [-0.25, -0.2) is 0 Å². The predicted molar refractivity (Wildman–Crippen MR) is 115 cm³/mol. The summed E-state index contributed by atoms with van der Waals surface area (Å²) < 4.78 is 0.698. The molecule has 2 N–H and O–H groups in total. The molecule has 2 heterocycles. The zero-order chi connectivity index (χ0) is 20.7. The Balaban J connectivity index is 1.66. The van der Waals surface area contributed by atoms with Crippen molar-refractivity contribution in [2.24, 2.45) is 0 Å². The standard InChI is InChI=1S/C19H11BrClN3O4S/c20-9-1-6-13-12(7-9)15(16-17(26)23-19(28)29-16)18(27)24(13)8-14(25)22-11-4-2-10(21)3-5-11/h1-7H,8H2,(H,22,25)(H,23,26,28)/b16-15+. The normalized spacial score (nSPS) is 18.1. The molecule has 0 unspecified atom stereocenters. The van der Waals surface area contributed by atoms with E-state index >= 15 is 0 Å². The topological polar surface area (TPSA) is 95.6 Å². The lowest BCUT2D eigenvalue weighted by Gasteiger charge is -2.17.